The van der Waals surface area contributed by atoms with Gasteiger partial charge in [-0.05, 0) is 61.0 Å². The van der Waals surface area contributed by atoms with Crippen molar-refractivity contribution >= 4 is 27.8 Å². The summed E-state index contributed by atoms with van der Waals surface area (Å²) in [5.41, 5.74) is 4.00. The lowest BCUT2D eigenvalue weighted by Crippen LogP contribution is -2.39. The molecule has 160 valence electrons. The smallest absolute Gasteiger partial charge is 0.264 e. The van der Waals surface area contributed by atoms with Gasteiger partial charge in [-0.15, -0.1) is 0 Å². The van der Waals surface area contributed by atoms with Gasteiger partial charge in [0.25, 0.3) is 15.9 Å². The van der Waals surface area contributed by atoms with Crippen molar-refractivity contribution < 1.29 is 22.0 Å². The van der Waals surface area contributed by atoms with Gasteiger partial charge in [0.15, 0.2) is 0 Å². The number of hydrogen-bond acceptors (Lipinski definition) is 4. The Morgan fingerprint density at radius 2 is 1.48 bits per heavy atom. The molecule has 9 heteroatoms. The van der Waals surface area contributed by atoms with E-state index >= 15 is 0 Å². The summed E-state index contributed by atoms with van der Waals surface area (Å²) in [6, 6.07) is 16.4. The van der Waals surface area contributed by atoms with E-state index in [9.17, 15) is 22.0 Å². The number of carbonyl (C=O) groups is 1. The molecule has 0 atom stereocenters. The van der Waals surface area contributed by atoms with E-state index in [2.05, 4.69) is 10.5 Å². The van der Waals surface area contributed by atoms with Gasteiger partial charge in [0.1, 0.15) is 18.2 Å². The van der Waals surface area contributed by atoms with E-state index < -0.39 is 34.1 Å². The Morgan fingerprint density at radius 1 is 0.935 bits per heavy atom. The minimum absolute atomic E-state index is 0.155. The molecule has 0 heterocycles. The van der Waals surface area contributed by atoms with E-state index in [0.717, 1.165) is 34.1 Å². The average Bonchev–Trinajstić information content (AvgIpc) is 2.74. The van der Waals surface area contributed by atoms with E-state index in [-0.39, 0.29) is 10.6 Å². The number of halogens is 2. The van der Waals surface area contributed by atoms with Crippen LogP contribution in [0.1, 0.15) is 11.1 Å². The van der Waals surface area contributed by atoms with Crippen molar-refractivity contribution in [3.63, 3.8) is 0 Å². The fourth-order valence-electron chi connectivity index (χ4n) is 2.65. The quantitative estimate of drug-likeness (QED) is 0.448. The van der Waals surface area contributed by atoms with Crippen LogP contribution in [0.5, 0.6) is 0 Å². The van der Waals surface area contributed by atoms with Gasteiger partial charge in [-0.1, -0.05) is 29.8 Å². The molecule has 1 N–H and O–H groups in total. The van der Waals surface area contributed by atoms with Gasteiger partial charge in [0.2, 0.25) is 0 Å². The van der Waals surface area contributed by atoms with Crippen LogP contribution in [0.25, 0.3) is 0 Å². The van der Waals surface area contributed by atoms with Gasteiger partial charge in [-0.2, -0.15) is 5.10 Å². The van der Waals surface area contributed by atoms with Crippen LogP contribution in [0, 0.1) is 18.6 Å². The molecule has 0 aliphatic rings. The minimum atomic E-state index is -4.15. The molecule has 0 radical (unpaired) electrons. The number of carbonyl (C=O) groups excluding carboxylic acids is 1. The second-order valence-corrected chi connectivity index (χ2v) is 8.51. The van der Waals surface area contributed by atoms with Crippen LogP contribution in [0.2, 0.25) is 0 Å². The third kappa shape index (κ3) is 5.73. The zero-order valence-electron chi connectivity index (χ0n) is 16.5. The summed E-state index contributed by atoms with van der Waals surface area (Å²) in [6.07, 6.45) is 1.31. The van der Waals surface area contributed by atoms with Crippen LogP contribution >= 0.6 is 0 Å². The summed E-state index contributed by atoms with van der Waals surface area (Å²) in [7, 11) is -4.15. The van der Waals surface area contributed by atoms with Gasteiger partial charge in [0.05, 0.1) is 16.8 Å². The summed E-state index contributed by atoms with van der Waals surface area (Å²) in [5, 5.41) is 3.78. The maximum atomic E-state index is 13.2. The molecule has 0 aromatic heterocycles. The lowest BCUT2D eigenvalue weighted by molar-refractivity contribution is -0.119. The maximum absolute atomic E-state index is 13.2. The number of nitrogens with one attached hydrogen (secondary N) is 1. The first kappa shape index (κ1) is 22.1. The van der Waals surface area contributed by atoms with Crippen LogP contribution in [0.4, 0.5) is 14.5 Å². The first-order valence-electron chi connectivity index (χ1n) is 9.18. The van der Waals surface area contributed by atoms with Crippen molar-refractivity contribution in [2.24, 2.45) is 5.10 Å². The summed E-state index contributed by atoms with van der Waals surface area (Å²) < 4.78 is 53.4. The maximum Gasteiger partial charge on any atom is 0.264 e. The Hall–Kier alpha value is -3.59. The predicted octanol–water partition coefficient (Wildman–Crippen LogP) is 3.62. The minimum Gasteiger partial charge on any atom is -0.271 e. The fraction of sp³-hybridized carbons (Fsp3) is 0.0909. The number of hydrazone groups is 1. The van der Waals surface area contributed by atoms with Crippen LogP contribution in [-0.2, 0) is 14.8 Å². The van der Waals surface area contributed by atoms with Crippen molar-refractivity contribution in [2.75, 3.05) is 10.8 Å². The van der Waals surface area contributed by atoms with Gasteiger partial charge >= 0.3 is 0 Å². The number of aryl methyl sites for hydroxylation is 1. The highest BCUT2D eigenvalue weighted by Crippen LogP contribution is 2.24. The second kappa shape index (κ2) is 9.48. The normalized spacial score (nSPS) is 11.5. The summed E-state index contributed by atoms with van der Waals surface area (Å²) >= 11 is 0. The number of nitrogens with zero attached hydrogens (tertiary/aromatic N) is 2. The zero-order valence-corrected chi connectivity index (χ0v) is 17.3. The highest BCUT2D eigenvalue weighted by Gasteiger charge is 2.27. The van der Waals surface area contributed by atoms with Crippen LogP contribution < -0.4 is 9.73 Å². The molecule has 1 amide bonds. The lowest BCUT2D eigenvalue weighted by Gasteiger charge is -2.23. The van der Waals surface area contributed by atoms with E-state index in [0.29, 0.717) is 5.56 Å². The highest BCUT2D eigenvalue weighted by molar-refractivity contribution is 7.92. The molecule has 0 saturated carbocycles. The van der Waals surface area contributed by atoms with Crippen molar-refractivity contribution in [1.82, 2.24) is 5.43 Å². The van der Waals surface area contributed by atoms with Crippen LogP contribution in [-0.4, -0.2) is 27.1 Å². The summed E-state index contributed by atoms with van der Waals surface area (Å²) in [6.45, 7) is 1.29. The van der Waals surface area contributed by atoms with Crippen molar-refractivity contribution in [3.8, 4) is 0 Å². The number of benzene rings is 3. The average molecular weight is 443 g/mol. The Kier molecular flexibility index (Phi) is 6.76. The monoisotopic (exact) mass is 443 g/mol. The molecule has 31 heavy (non-hydrogen) atoms. The van der Waals surface area contributed by atoms with Crippen molar-refractivity contribution in [1.29, 1.82) is 0 Å². The van der Waals surface area contributed by atoms with E-state index in [1.807, 2.05) is 6.92 Å². The Morgan fingerprint density at radius 3 is 2.06 bits per heavy atom. The summed E-state index contributed by atoms with van der Waals surface area (Å²) in [5.74, 6) is -1.67. The molecule has 0 aliphatic heterocycles. The Labute approximate surface area is 178 Å². The van der Waals surface area contributed by atoms with Gasteiger partial charge in [0, 0.05) is 0 Å². The topological polar surface area (TPSA) is 78.8 Å². The summed E-state index contributed by atoms with van der Waals surface area (Å²) in [4.78, 5) is 12.3. The fourth-order valence-corrected chi connectivity index (χ4v) is 4.07. The van der Waals surface area contributed by atoms with E-state index in [4.69, 9.17) is 0 Å². The third-order valence-corrected chi connectivity index (χ3v) is 6.07. The van der Waals surface area contributed by atoms with Crippen LogP contribution in [0.15, 0.2) is 82.8 Å². The molecular weight excluding hydrogens is 424 g/mol. The predicted molar refractivity (Wildman–Crippen MR) is 114 cm³/mol. The Bertz CT molecular complexity index is 1180. The highest BCUT2D eigenvalue weighted by atomic mass is 32.2. The second-order valence-electron chi connectivity index (χ2n) is 6.65. The van der Waals surface area contributed by atoms with Crippen LogP contribution in [0.3, 0.4) is 0 Å². The SMILES string of the molecule is Cc1ccc(N(CC(=O)N/N=C\c2ccc(F)cc2)S(=O)(=O)c2ccc(F)cc2)cc1. The van der Waals surface area contributed by atoms with E-state index in [1.54, 1.807) is 24.3 Å². The first-order valence-corrected chi connectivity index (χ1v) is 10.6. The molecule has 3 aromatic rings. The van der Waals surface area contributed by atoms with Gasteiger partial charge in [-0.25, -0.2) is 22.6 Å². The van der Waals surface area contributed by atoms with E-state index in [1.165, 1.54) is 30.5 Å². The van der Waals surface area contributed by atoms with Gasteiger partial charge < -0.3 is 0 Å². The van der Waals surface area contributed by atoms with Crippen molar-refractivity contribution in [2.45, 2.75) is 11.8 Å². The number of sulfonamides is 1. The Balaban J connectivity index is 1.82. The number of hydrogen-bond donors (Lipinski definition) is 1. The largest absolute Gasteiger partial charge is 0.271 e. The molecule has 3 aromatic carbocycles. The zero-order chi connectivity index (χ0) is 22.4. The molecule has 0 aliphatic carbocycles. The first-order chi connectivity index (χ1) is 14.8. The molecular formula is C22H19F2N3O3S. The van der Waals surface area contributed by atoms with Crippen molar-refractivity contribution in [3.05, 3.63) is 95.6 Å². The molecule has 6 nitrogen and oxygen atoms in total. The molecule has 0 spiro atoms. The number of rotatable bonds is 7. The molecule has 3 rings (SSSR count). The standard InChI is InChI=1S/C22H19F2N3O3S/c1-16-2-10-20(11-3-16)27(31(29,30)21-12-8-19(24)9-13-21)15-22(28)26-25-14-17-4-6-18(23)7-5-17/h2-14H,15H2,1H3,(H,26,28)/b25-14-. The molecule has 0 bridgehead atoms. The molecule has 0 unspecified atom stereocenters. The number of anilines is 1. The molecule has 0 saturated heterocycles. The lowest BCUT2D eigenvalue weighted by atomic mass is 10.2. The number of amides is 1. The molecule has 0 fully saturated rings. The third-order valence-electron chi connectivity index (χ3n) is 4.28. The van der Waals surface area contributed by atoms with Gasteiger partial charge in [-0.3, -0.25) is 9.10 Å².